The number of benzene rings is 2. The summed E-state index contributed by atoms with van der Waals surface area (Å²) in [6, 6.07) is 12.8. The van der Waals surface area contributed by atoms with Gasteiger partial charge >= 0.3 is 0 Å². The minimum absolute atomic E-state index is 0.0723. The van der Waals surface area contributed by atoms with Crippen LogP contribution < -0.4 is 9.47 Å². The Morgan fingerprint density at radius 2 is 1.78 bits per heavy atom. The predicted molar refractivity (Wildman–Crippen MR) is 154 cm³/mol. The zero-order valence-corrected chi connectivity index (χ0v) is 24.2. The molecule has 7 rings (SSSR count). The fourth-order valence-corrected chi connectivity index (χ4v) is 8.89. The molecule has 1 N–H and O–H groups in total. The van der Waals surface area contributed by atoms with E-state index in [1.54, 1.807) is 24.3 Å². The lowest BCUT2D eigenvalue weighted by molar-refractivity contribution is -0.114. The molecule has 1 heterocycles. The molecule has 41 heavy (non-hydrogen) atoms. The molecule has 2 aromatic carbocycles. The first-order valence-corrected chi connectivity index (χ1v) is 16.4. The molecule has 0 spiro atoms. The molecule has 0 amide bonds. The summed E-state index contributed by atoms with van der Waals surface area (Å²) in [7, 11) is -3.29. The van der Waals surface area contributed by atoms with Gasteiger partial charge in [-0.15, -0.1) is 0 Å². The maximum absolute atomic E-state index is 12.3. The van der Waals surface area contributed by atoms with Crippen molar-refractivity contribution < 1.29 is 27.8 Å². The highest BCUT2D eigenvalue weighted by Crippen LogP contribution is 2.66. The van der Waals surface area contributed by atoms with Crippen LogP contribution in [0.2, 0.25) is 0 Å². The SMILES string of the molecule is C[C@]12C[C@H](c3ccc4c(c3)OCO4)C3=C4CCC(=O)C=C4CCC3C1CC[C@@]2(O)C#Cc1ccc(S(C)(=O)=O)cc1. The van der Waals surface area contributed by atoms with Gasteiger partial charge in [-0.25, -0.2) is 8.42 Å². The summed E-state index contributed by atoms with van der Waals surface area (Å²) < 4.78 is 35.1. The Bertz CT molecular complexity index is 1690. The van der Waals surface area contributed by atoms with Crippen LogP contribution in [0.25, 0.3) is 0 Å². The summed E-state index contributed by atoms with van der Waals surface area (Å²) in [4.78, 5) is 12.6. The third-order valence-electron chi connectivity index (χ3n) is 10.4. The molecule has 2 saturated carbocycles. The zero-order chi connectivity index (χ0) is 28.6. The number of fused-ring (bicyclic) bond motifs is 5. The van der Waals surface area contributed by atoms with Gasteiger partial charge in [-0.05, 0) is 110 Å². The standard InChI is InChI=1S/C34H34O6S/c1-33-19-28(23-6-12-30-31(18-23)40-20-39-30)32-26-11-7-24(35)17-22(26)5-10-27(32)29(33)14-16-34(33,36)15-13-21-3-8-25(9-4-21)41(2,37)38/h3-4,6,8-9,12,17-18,27-29,36H,5,7,10-11,14,16,19-20H2,1-2H3/t27?,28-,29?,33+,34+/m1/s1. The lowest BCUT2D eigenvalue weighted by Crippen LogP contribution is -2.51. The van der Waals surface area contributed by atoms with Crippen molar-refractivity contribution in [3.8, 4) is 23.3 Å². The van der Waals surface area contributed by atoms with E-state index in [9.17, 15) is 18.3 Å². The van der Waals surface area contributed by atoms with Gasteiger partial charge in [-0.1, -0.05) is 30.4 Å². The molecule has 0 aromatic heterocycles. The van der Waals surface area contributed by atoms with Gasteiger partial charge in [0.15, 0.2) is 27.1 Å². The third-order valence-corrected chi connectivity index (χ3v) is 11.5. The summed E-state index contributed by atoms with van der Waals surface area (Å²) in [5.41, 5.74) is 4.21. The zero-order valence-electron chi connectivity index (χ0n) is 23.4. The van der Waals surface area contributed by atoms with Crippen molar-refractivity contribution in [2.75, 3.05) is 13.0 Å². The Morgan fingerprint density at radius 3 is 2.56 bits per heavy atom. The molecular weight excluding hydrogens is 536 g/mol. The average molecular weight is 571 g/mol. The maximum Gasteiger partial charge on any atom is 0.231 e. The van der Waals surface area contributed by atoms with Crippen LogP contribution in [0.1, 0.15) is 68.9 Å². The number of carbonyl (C=O) groups is 1. The molecule has 212 valence electrons. The van der Waals surface area contributed by atoms with E-state index in [1.807, 2.05) is 12.1 Å². The fraction of sp³-hybridized carbons (Fsp3) is 0.441. The molecular formula is C34H34O6S. The van der Waals surface area contributed by atoms with Crippen molar-refractivity contribution in [3.63, 3.8) is 0 Å². The summed E-state index contributed by atoms with van der Waals surface area (Å²) >= 11 is 0. The second-order valence-electron chi connectivity index (χ2n) is 12.6. The van der Waals surface area contributed by atoms with Crippen LogP contribution >= 0.6 is 0 Å². The lowest BCUT2D eigenvalue weighted by Gasteiger charge is -2.53. The molecule has 2 fully saturated rings. The predicted octanol–water partition coefficient (Wildman–Crippen LogP) is 5.50. The van der Waals surface area contributed by atoms with E-state index >= 15 is 0 Å². The largest absolute Gasteiger partial charge is 0.454 e. The van der Waals surface area contributed by atoms with E-state index in [0.717, 1.165) is 49.2 Å². The normalized spacial score (nSPS) is 31.9. The first kappa shape index (κ1) is 26.6. The monoisotopic (exact) mass is 570 g/mol. The molecule has 0 bridgehead atoms. The average Bonchev–Trinajstić information content (AvgIpc) is 3.52. The number of aliphatic hydroxyl groups is 1. The Labute approximate surface area is 241 Å². The van der Waals surface area contributed by atoms with Crippen LogP contribution in [0.3, 0.4) is 0 Å². The second-order valence-corrected chi connectivity index (χ2v) is 14.6. The molecule has 2 aromatic rings. The summed E-state index contributed by atoms with van der Waals surface area (Å²) in [6.07, 6.45) is 8.49. The van der Waals surface area contributed by atoms with Crippen molar-refractivity contribution in [2.45, 2.75) is 68.3 Å². The highest BCUT2D eigenvalue weighted by atomic mass is 32.2. The number of sulfone groups is 1. The van der Waals surface area contributed by atoms with Crippen LogP contribution in [0.4, 0.5) is 0 Å². The van der Waals surface area contributed by atoms with E-state index in [1.165, 1.54) is 23.0 Å². The van der Waals surface area contributed by atoms with Crippen LogP contribution in [0.15, 0.2) is 70.2 Å². The van der Waals surface area contributed by atoms with Crippen LogP contribution in [0.5, 0.6) is 11.5 Å². The number of carbonyl (C=O) groups excluding carboxylic acids is 1. The summed E-state index contributed by atoms with van der Waals surface area (Å²) in [5, 5.41) is 12.3. The molecule has 7 heteroatoms. The van der Waals surface area contributed by atoms with Gasteiger partial charge in [0.05, 0.1) is 4.90 Å². The van der Waals surface area contributed by atoms with E-state index < -0.39 is 20.9 Å². The third kappa shape index (κ3) is 4.26. The van der Waals surface area contributed by atoms with Gasteiger partial charge in [-0.2, -0.15) is 0 Å². The number of hydrogen-bond acceptors (Lipinski definition) is 6. The highest BCUT2D eigenvalue weighted by molar-refractivity contribution is 7.90. The Balaban J connectivity index is 1.31. The molecule has 1 aliphatic heterocycles. The van der Waals surface area contributed by atoms with Crippen molar-refractivity contribution in [1.82, 2.24) is 0 Å². The van der Waals surface area contributed by atoms with E-state index in [4.69, 9.17) is 9.47 Å². The lowest BCUT2D eigenvalue weighted by atomic mass is 9.51. The Kier molecular flexibility index (Phi) is 6.05. The maximum atomic E-state index is 12.3. The van der Waals surface area contributed by atoms with Crippen molar-refractivity contribution in [1.29, 1.82) is 0 Å². The minimum Gasteiger partial charge on any atom is -0.454 e. The molecule has 5 atom stereocenters. The number of ketones is 1. The van der Waals surface area contributed by atoms with E-state index in [-0.39, 0.29) is 29.3 Å². The van der Waals surface area contributed by atoms with Gasteiger partial charge in [-0.3, -0.25) is 4.79 Å². The second kappa shape index (κ2) is 9.34. The van der Waals surface area contributed by atoms with Crippen LogP contribution in [-0.4, -0.2) is 38.0 Å². The smallest absolute Gasteiger partial charge is 0.231 e. The van der Waals surface area contributed by atoms with Gasteiger partial charge in [0.25, 0.3) is 0 Å². The molecule has 6 nitrogen and oxygen atoms in total. The van der Waals surface area contributed by atoms with Gasteiger partial charge in [0, 0.05) is 29.6 Å². The van der Waals surface area contributed by atoms with Gasteiger partial charge in [0.1, 0.15) is 5.60 Å². The van der Waals surface area contributed by atoms with Gasteiger partial charge in [0.2, 0.25) is 6.79 Å². The fourth-order valence-electron chi connectivity index (χ4n) is 8.26. The number of ether oxygens (including phenoxy) is 2. The number of hydrogen-bond donors (Lipinski definition) is 1. The van der Waals surface area contributed by atoms with Crippen LogP contribution in [-0.2, 0) is 14.6 Å². The number of rotatable bonds is 2. The molecule has 4 aliphatic carbocycles. The number of allylic oxidation sites excluding steroid dienone is 4. The Hall–Kier alpha value is -3.34. The summed E-state index contributed by atoms with van der Waals surface area (Å²) in [5.74, 6) is 8.86. The topological polar surface area (TPSA) is 89.9 Å². The van der Waals surface area contributed by atoms with Crippen molar-refractivity contribution in [3.05, 3.63) is 76.4 Å². The van der Waals surface area contributed by atoms with Crippen molar-refractivity contribution in [2.24, 2.45) is 17.3 Å². The molecule has 0 radical (unpaired) electrons. The minimum atomic E-state index is -3.29. The highest BCUT2D eigenvalue weighted by Gasteiger charge is 2.62. The van der Waals surface area contributed by atoms with E-state index in [0.29, 0.717) is 24.3 Å². The van der Waals surface area contributed by atoms with Gasteiger partial charge < -0.3 is 14.6 Å². The van der Waals surface area contributed by atoms with Crippen molar-refractivity contribution >= 4 is 15.6 Å². The van der Waals surface area contributed by atoms with Crippen LogP contribution in [0, 0.1) is 29.1 Å². The first-order chi connectivity index (χ1) is 19.6. The Morgan fingerprint density at radius 1 is 1.00 bits per heavy atom. The molecule has 0 saturated heterocycles. The summed E-state index contributed by atoms with van der Waals surface area (Å²) in [6.45, 7) is 2.43. The molecule has 5 aliphatic rings. The molecule has 2 unspecified atom stereocenters. The van der Waals surface area contributed by atoms with E-state index in [2.05, 4.69) is 30.9 Å². The first-order valence-electron chi connectivity index (χ1n) is 14.5. The quantitative estimate of drug-likeness (QED) is 0.480.